The van der Waals surface area contributed by atoms with Gasteiger partial charge in [-0.1, -0.05) is 41.9 Å². The first-order chi connectivity index (χ1) is 17.5. The van der Waals surface area contributed by atoms with Crippen molar-refractivity contribution in [2.75, 3.05) is 17.4 Å². The molecule has 3 rings (SSSR count). The first kappa shape index (κ1) is 28.1. The van der Waals surface area contributed by atoms with Gasteiger partial charge in [-0.2, -0.15) is 0 Å². The van der Waals surface area contributed by atoms with E-state index in [2.05, 4.69) is 5.32 Å². The van der Waals surface area contributed by atoms with Gasteiger partial charge in [0.1, 0.15) is 18.4 Å². The van der Waals surface area contributed by atoms with Gasteiger partial charge < -0.3 is 10.2 Å². The van der Waals surface area contributed by atoms with Crippen LogP contribution in [-0.2, 0) is 26.2 Å². The number of halogens is 2. The van der Waals surface area contributed by atoms with Gasteiger partial charge in [0.2, 0.25) is 11.8 Å². The van der Waals surface area contributed by atoms with Gasteiger partial charge >= 0.3 is 0 Å². The molecule has 1 N–H and O–H groups in total. The van der Waals surface area contributed by atoms with E-state index in [-0.39, 0.29) is 17.3 Å². The standard InChI is InChI=1S/C27H29ClFN3O4S/c1-4-30-27(34)20(3)31(17-21-9-13-23(29)14-10-21)26(33)18-32(25-8-6-5-7-19(25)2)37(35,36)24-15-11-22(28)12-16-24/h5-16,20H,4,17-18H2,1-3H3,(H,30,34). The van der Waals surface area contributed by atoms with Gasteiger partial charge in [-0.25, -0.2) is 12.8 Å². The van der Waals surface area contributed by atoms with Crippen LogP contribution in [0.5, 0.6) is 0 Å². The molecule has 3 aromatic rings. The largest absolute Gasteiger partial charge is 0.355 e. The number of carbonyl (C=O) groups is 2. The molecule has 0 spiro atoms. The molecule has 196 valence electrons. The van der Waals surface area contributed by atoms with E-state index in [0.717, 1.165) is 4.31 Å². The summed E-state index contributed by atoms with van der Waals surface area (Å²) in [5, 5.41) is 3.07. The number of hydrogen-bond acceptors (Lipinski definition) is 4. The highest BCUT2D eigenvalue weighted by molar-refractivity contribution is 7.92. The fourth-order valence-corrected chi connectivity index (χ4v) is 5.39. The molecule has 0 aliphatic heterocycles. The van der Waals surface area contributed by atoms with E-state index < -0.39 is 34.3 Å². The lowest BCUT2D eigenvalue weighted by molar-refractivity contribution is -0.139. The number of carbonyl (C=O) groups excluding carboxylic acids is 2. The average molecular weight is 546 g/mol. The molecule has 37 heavy (non-hydrogen) atoms. The van der Waals surface area contributed by atoms with E-state index in [1.54, 1.807) is 45.0 Å². The SMILES string of the molecule is CCNC(=O)C(C)N(Cc1ccc(F)cc1)C(=O)CN(c1ccccc1C)S(=O)(=O)c1ccc(Cl)cc1. The summed E-state index contributed by atoms with van der Waals surface area (Å²) in [6.07, 6.45) is 0. The lowest BCUT2D eigenvalue weighted by atomic mass is 10.1. The molecule has 3 aromatic carbocycles. The molecule has 2 amide bonds. The van der Waals surface area contributed by atoms with Crippen LogP contribution >= 0.6 is 11.6 Å². The Hall–Kier alpha value is -3.43. The Bertz CT molecular complexity index is 1350. The van der Waals surface area contributed by atoms with Crippen molar-refractivity contribution < 1.29 is 22.4 Å². The first-order valence-corrected chi connectivity index (χ1v) is 13.5. The zero-order valence-electron chi connectivity index (χ0n) is 20.8. The van der Waals surface area contributed by atoms with E-state index in [1.807, 2.05) is 0 Å². The van der Waals surface area contributed by atoms with Crippen LogP contribution in [-0.4, -0.2) is 44.3 Å². The van der Waals surface area contributed by atoms with Crippen LogP contribution in [0.1, 0.15) is 25.0 Å². The van der Waals surface area contributed by atoms with Crippen molar-refractivity contribution in [1.82, 2.24) is 10.2 Å². The van der Waals surface area contributed by atoms with Gasteiger partial charge in [-0.15, -0.1) is 0 Å². The van der Waals surface area contributed by atoms with Crippen molar-refractivity contribution in [2.24, 2.45) is 0 Å². The number of sulfonamides is 1. The van der Waals surface area contributed by atoms with Gasteiger partial charge in [-0.3, -0.25) is 13.9 Å². The Balaban J connectivity index is 2.03. The van der Waals surface area contributed by atoms with Crippen molar-refractivity contribution in [2.45, 2.75) is 38.3 Å². The number of rotatable bonds is 10. The number of hydrogen-bond donors (Lipinski definition) is 1. The average Bonchev–Trinajstić information content (AvgIpc) is 2.87. The molecule has 0 aromatic heterocycles. The molecule has 0 aliphatic carbocycles. The minimum Gasteiger partial charge on any atom is -0.355 e. The van der Waals surface area contributed by atoms with Crippen LogP contribution in [0.25, 0.3) is 0 Å². The maximum Gasteiger partial charge on any atom is 0.264 e. The van der Waals surface area contributed by atoms with E-state index in [1.165, 1.54) is 53.4 Å². The van der Waals surface area contributed by atoms with Crippen LogP contribution in [0.4, 0.5) is 10.1 Å². The van der Waals surface area contributed by atoms with E-state index in [9.17, 15) is 22.4 Å². The maximum absolute atomic E-state index is 13.7. The van der Waals surface area contributed by atoms with Gasteiger partial charge in [0, 0.05) is 18.1 Å². The van der Waals surface area contributed by atoms with Gasteiger partial charge in [0.15, 0.2) is 0 Å². The summed E-state index contributed by atoms with van der Waals surface area (Å²) < 4.78 is 42.0. The number of nitrogens with zero attached hydrogens (tertiary/aromatic N) is 2. The fourth-order valence-electron chi connectivity index (χ4n) is 3.78. The molecule has 7 nitrogen and oxygen atoms in total. The molecule has 0 saturated heterocycles. The van der Waals surface area contributed by atoms with Crippen LogP contribution in [0.15, 0.2) is 77.7 Å². The van der Waals surface area contributed by atoms with Crippen LogP contribution in [0, 0.1) is 12.7 Å². The van der Waals surface area contributed by atoms with Crippen LogP contribution < -0.4 is 9.62 Å². The minimum atomic E-state index is -4.18. The van der Waals surface area contributed by atoms with Gasteiger partial charge in [0.25, 0.3) is 10.0 Å². The molecule has 1 unspecified atom stereocenters. The fraction of sp³-hybridized carbons (Fsp3) is 0.259. The number of nitrogens with one attached hydrogen (secondary N) is 1. The van der Waals surface area contributed by atoms with Crippen molar-refractivity contribution in [3.8, 4) is 0 Å². The topological polar surface area (TPSA) is 86.8 Å². The number of benzene rings is 3. The zero-order valence-corrected chi connectivity index (χ0v) is 22.4. The lowest BCUT2D eigenvalue weighted by Crippen LogP contribution is -2.51. The Morgan fingerprint density at radius 1 is 1.00 bits per heavy atom. The molecule has 0 bridgehead atoms. The second kappa shape index (κ2) is 12.2. The third-order valence-electron chi connectivity index (χ3n) is 5.85. The molecule has 0 fully saturated rings. The van der Waals surface area contributed by atoms with Crippen molar-refractivity contribution in [3.63, 3.8) is 0 Å². The molecular formula is C27H29ClFN3O4S. The highest BCUT2D eigenvalue weighted by Gasteiger charge is 2.33. The van der Waals surface area contributed by atoms with Gasteiger partial charge in [-0.05, 0) is 74.4 Å². The van der Waals surface area contributed by atoms with Crippen molar-refractivity contribution in [1.29, 1.82) is 0 Å². The van der Waals surface area contributed by atoms with Crippen LogP contribution in [0.2, 0.25) is 5.02 Å². The lowest BCUT2D eigenvalue weighted by Gasteiger charge is -2.32. The molecule has 0 radical (unpaired) electrons. The van der Waals surface area contributed by atoms with E-state index in [0.29, 0.717) is 28.4 Å². The summed E-state index contributed by atoms with van der Waals surface area (Å²) in [4.78, 5) is 27.7. The summed E-state index contributed by atoms with van der Waals surface area (Å²) >= 11 is 5.96. The van der Waals surface area contributed by atoms with E-state index >= 15 is 0 Å². The van der Waals surface area contributed by atoms with E-state index in [4.69, 9.17) is 11.6 Å². The van der Waals surface area contributed by atoms with Crippen LogP contribution in [0.3, 0.4) is 0 Å². The van der Waals surface area contributed by atoms with Gasteiger partial charge in [0.05, 0.1) is 10.6 Å². The van der Waals surface area contributed by atoms with Crippen molar-refractivity contribution >= 4 is 39.1 Å². The Kier molecular flexibility index (Phi) is 9.29. The number of anilines is 1. The number of likely N-dealkylation sites (N-methyl/N-ethyl adjacent to an activating group) is 1. The highest BCUT2D eigenvalue weighted by atomic mass is 35.5. The van der Waals surface area contributed by atoms with Crippen molar-refractivity contribution in [3.05, 3.63) is 94.8 Å². The Labute approximate surface area is 221 Å². The third kappa shape index (κ3) is 6.87. The third-order valence-corrected chi connectivity index (χ3v) is 7.88. The predicted molar refractivity (Wildman–Crippen MR) is 142 cm³/mol. The quantitative estimate of drug-likeness (QED) is 0.405. The maximum atomic E-state index is 13.7. The normalized spacial score (nSPS) is 12.0. The molecule has 0 saturated carbocycles. The summed E-state index contributed by atoms with van der Waals surface area (Å²) in [6, 6.07) is 17.2. The molecule has 1 atom stereocenters. The summed E-state index contributed by atoms with van der Waals surface area (Å²) in [5.41, 5.74) is 1.57. The number of para-hydroxylation sites is 1. The summed E-state index contributed by atoms with van der Waals surface area (Å²) in [7, 11) is -4.18. The first-order valence-electron chi connectivity index (χ1n) is 11.7. The number of amides is 2. The Morgan fingerprint density at radius 3 is 2.22 bits per heavy atom. The summed E-state index contributed by atoms with van der Waals surface area (Å²) in [5.74, 6) is -1.41. The number of aryl methyl sites for hydroxylation is 1. The molecular weight excluding hydrogens is 517 g/mol. The molecule has 0 aliphatic rings. The monoisotopic (exact) mass is 545 g/mol. The predicted octanol–water partition coefficient (Wildman–Crippen LogP) is 4.54. The smallest absolute Gasteiger partial charge is 0.264 e. The highest BCUT2D eigenvalue weighted by Crippen LogP contribution is 2.28. The zero-order chi connectivity index (χ0) is 27.2. The second-order valence-corrected chi connectivity index (χ2v) is 10.8. The molecule has 10 heteroatoms. The minimum absolute atomic E-state index is 0.0139. The summed E-state index contributed by atoms with van der Waals surface area (Å²) in [6.45, 7) is 4.87. The Morgan fingerprint density at radius 2 is 1.62 bits per heavy atom. The molecule has 0 heterocycles. The second-order valence-electron chi connectivity index (χ2n) is 8.47.